The van der Waals surface area contributed by atoms with E-state index in [2.05, 4.69) is 0 Å². The fourth-order valence-electron chi connectivity index (χ4n) is 1.57. The lowest BCUT2D eigenvalue weighted by Gasteiger charge is -2.18. The lowest BCUT2D eigenvalue weighted by molar-refractivity contribution is -0.136. The molecule has 0 atom stereocenters. The van der Waals surface area contributed by atoms with Crippen molar-refractivity contribution in [3.8, 4) is 5.75 Å². The van der Waals surface area contributed by atoms with Crippen LogP contribution in [-0.4, -0.2) is 32.3 Å². The van der Waals surface area contributed by atoms with Gasteiger partial charge in [0.05, 0.1) is 7.11 Å². The molecule has 0 heterocycles. The minimum absolute atomic E-state index is 0.133. The van der Waals surface area contributed by atoms with E-state index in [9.17, 15) is 4.79 Å². The quantitative estimate of drug-likeness (QED) is 0.826. The number of nitrogens with zero attached hydrogens (tertiary/aromatic N) is 1. The molecule has 0 aromatic heterocycles. The number of benzene rings is 1. The monoisotopic (exact) mass is 223 g/mol. The Balaban J connectivity index is 2.95. The highest BCUT2D eigenvalue weighted by atomic mass is 16.5. The average Bonchev–Trinajstić information content (AvgIpc) is 2.25. The molecule has 1 N–H and O–H groups in total. The Bertz CT molecular complexity index is 375. The molecule has 0 amide bonds. The average molecular weight is 223 g/mol. The summed E-state index contributed by atoms with van der Waals surface area (Å²) in [5.41, 5.74) is 2.02. The summed E-state index contributed by atoms with van der Waals surface area (Å²) in [6, 6.07) is 5.70. The topological polar surface area (TPSA) is 49.8 Å². The van der Waals surface area contributed by atoms with Crippen LogP contribution in [0, 0.1) is 0 Å². The lowest BCUT2D eigenvalue weighted by atomic mass is 10.1. The van der Waals surface area contributed by atoms with Gasteiger partial charge in [0.25, 0.3) is 0 Å². The highest BCUT2D eigenvalue weighted by Gasteiger charge is 2.08. The van der Waals surface area contributed by atoms with Crippen LogP contribution in [0.3, 0.4) is 0 Å². The van der Waals surface area contributed by atoms with Crippen LogP contribution < -0.4 is 9.64 Å². The van der Waals surface area contributed by atoms with Crippen molar-refractivity contribution in [1.82, 2.24) is 0 Å². The fraction of sp³-hybridized carbons (Fsp3) is 0.417. The van der Waals surface area contributed by atoms with Gasteiger partial charge in [-0.1, -0.05) is 0 Å². The van der Waals surface area contributed by atoms with Crippen molar-refractivity contribution in [3.05, 3.63) is 23.8 Å². The van der Waals surface area contributed by atoms with Crippen molar-refractivity contribution >= 4 is 11.7 Å². The zero-order valence-electron chi connectivity index (χ0n) is 9.86. The van der Waals surface area contributed by atoms with Gasteiger partial charge in [-0.25, -0.2) is 0 Å². The summed E-state index contributed by atoms with van der Waals surface area (Å²) in [7, 11) is 5.48. The van der Waals surface area contributed by atoms with Crippen molar-refractivity contribution in [2.75, 3.05) is 26.1 Å². The molecule has 1 aromatic rings. The van der Waals surface area contributed by atoms with Crippen LogP contribution in [0.15, 0.2) is 18.2 Å². The molecule has 0 saturated heterocycles. The number of aryl methyl sites for hydroxylation is 1. The second kappa shape index (κ2) is 5.39. The van der Waals surface area contributed by atoms with Crippen molar-refractivity contribution in [2.24, 2.45) is 0 Å². The first-order valence-electron chi connectivity index (χ1n) is 5.10. The first kappa shape index (κ1) is 12.4. The Morgan fingerprint density at radius 2 is 2.12 bits per heavy atom. The standard InChI is InChI=1S/C12H17NO3/c1-13(2)11-6-5-10(16-3)8-9(11)4-7-12(14)15/h5-6,8H,4,7H2,1-3H3,(H,14,15). The van der Waals surface area contributed by atoms with Gasteiger partial charge in [0.1, 0.15) is 5.75 Å². The summed E-state index contributed by atoms with van der Waals surface area (Å²) in [6.07, 6.45) is 0.647. The van der Waals surface area contributed by atoms with Crippen LogP contribution in [0.25, 0.3) is 0 Å². The smallest absolute Gasteiger partial charge is 0.303 e. The van der Waals surface area contributed by atoms with Gasteiger partial charge >= 0.3 is 5.97 Å². The Morgan fingerprint density at radius 1 is 1.44 bits per heavy atom. The van der Waals surface area contributed by atoms with E-state index >= 15 is 0 Å². The third kappa shape index (κ3) is 3.15. The Hall–Kier alpha value is -1.71. The van der Waals surface area contributed by atoms with Crippen LogP contribution in [-0.2, 0) is 11.2 Å². The molecule has 0 fully saturated rings. The molecule has 0 spiro atoms. The molecule has 1 aromatic carbocycles. The minimum Gasteiger partial charge on any atom is -0.497 e. The maximum Gasteiger partial charge on any atom is 0.303 e. The number of ether oxygens (including phenoxy) is 1. The van der Waals surface area contributed by atoms with Gasteiger partial charge in [-0.2, -0.15) is 0 Å². The van der Waals surface area contributed by atoms with Gasteiger partial charge < -0.3 is 14.7 Å². The zero-order chi connectivity index (χ0) is 12.1. The molecule has 0 aliphatic heterocycles. The summed E-state index contributed by atoms with van der Waals surface area (Å²) >= 11 is 0. The van der Waals surface area contributed by atoms with Crippen LogP contribution in [0.5, 0.6) is 5.75 Å². The van der Waals surface area contributed by atoms with Gasteiger partial charge in [-0.3, -0.25) is 4.79 Å². The predicted molar refractivity (Wildman–Crippen MR) is 63.3 cm³/mol. The third-order valence-electron chi connectivity index (χ3n) is 2.38. The molecule has 0 saturated carbocycles. The molecule has 1 rings (SSSR count). The number of carboxylic acids is 1. The van der Waals surface area contributed by atoms with E-state index in [1.807, 2.05) is 37.2 Å². The summed E-state index contributed by atoms with van der Waals surface area (Å²) in [4.78, 5) is 12.5. The van der Waals surface area contributed by atoms with Crippen molar-refractivity contribution in [2.45, 2.75) is 12.8 Å². The maximum absolute atomic E-state index is 10.6. The molecular weight excluding hydrogens is 206 g/mol. The third-order valence-corrected chi connectivity index (χ3v) is 2.38. The van der Waals surface area contributed by atoms with E-state index < -0.39 is 5.97 Å². The largest absolute Gasteiger partial charge is 0.497 e. The normalized spacial score (nSPS) is 9.94. The number of hydrogen-bond donors (Lipinski definition) is 1. The molecule has 0 aliphatic rings. The zero-order valence-corrected chi connectivity index (χ0v) is 9.86. The Morgan fingerprint density at radius 3 is 2.62 bits per heavy atom. The molecule has 0 bridgehead atoms. The second-order valence-corrected chi connectivity index (χ2v) is 3.78. The predicted octanol–water partition coefficient (Wildman–Crippen LogP) is 1.78. The molecular formula is C12H17NO3. The highest BCUT2D eigenvalue weighted by molar-refractivity contribution is 5.68. The van der Waals surface area contributed by atoms with Gasteiger partial charge in [0.15, 0.2) is 0 Å². The van der Waals surface area contributed by atoms with Gasteiger partial charge in [-0.05, 0) is 30.2 Å². The molecule has 88 valence electrons. The van der Waals surface area contributed by atoms with Gasteiger partial charge in [0, 0.05) is 26.2 Å². The van der Waals surface area contributed by atoms with E-state index in [0.717, 1.165) is 17.0 Å². The minimum atomic E-state index is -0.785. The SMILES string of the molecule is COc1ccc(N(C)C)c(CCC(=O)O)c1. The van der Waals surface area contributed by atoms with E-state index in [0.29, 0.717) is 6.42 Å². The van der Waals surface area contributed by atoms with E-state index in [1.54, 1.807) is 7.11 Å². The number of hydrogen-bond acceptors (Lipinski definition) is 3. The van der Waals surface area contributed by atoms with Crippen molar-refractivity contribution < 1.29 is 14.6 Å². The van der Waals surface area contributed by atoms with Crippen LogP contribution in [0.1, 0.15) is 12.0 Å². The van der Waals surface area contributed by atoms with E-state index in [1.165, 1.54) is 0 Å². The molecule has 0 radical (unpaired) electrons. The van der Waals surface area contributed by atoms with Crippen molar-refractivity contribution in [3.63, 3.8) is 0 Å². The number of methoxy groups -OCH3 is 1. The summed E-state index contributed by atoms with van der Waals surface area (Å²) in [5, 5.41) is 8.69. The lowest BCUT2D eigenvalue weighted by Crippen LogP contribution is -2.12. The second-order valence-electron chi connectivity index (χ2n) is 3.78. The van der Waals surface area contributed by atoms with Crippen molar-refractivity contribution in [1.29, 1.82) is 0 Å². The van der Waals surface area contributed by atoms with Crippen LogP contribution in [0.4, 0.5) is 5.69 Å². The van der Waals surface area contributed by atoms with Gasteiger partial charge in [-0.15, -0.1) is 0 Å². The van der Waals surface area contributed by atoms with Gasteiger partial charge in [0.2, 0.25) is 0 Å². The van der Waals surface area contributed by atoms with E-state index in [-0.39, 0.29) is 6.42 Å². The first-order chi connectivity index (χ1) is 7.54. The Labute approximate surface area is 95.5 Å². The number of aliphatic carboxylic acids is 1. The van der Waals surface area contributed by atoms with Crippen LogP contribution in [0.2, 0.25) is 0 Å². The summed E-state index contributed by atoms with van der Waals surface area (Å²) in [6.45, 7) is 0. The first-order valence-corrected chi connectivity index (χ1v) is 5.10. The molecule has 4 heteroatoms. The van der Waals surface area contributed by atoms with E-state index in [4.69, 9.17) is 9.84 Å². The number of rotatable bonds is 5. The summed E-state index contributed by atoms with van der Waals surface area (Å²) in [5.74, 6) is -0.0292. The fourth-order valence-corrected chi connectivity index (χ4v) is 1.57. The molecule has 0 aliphatic carbocycles. The summed E-state index contributed by atoms with van der Waals surface area (Å²) < 4.78 is 5.13. The maximum atomic E-state index is 10.6. The number of carboxylic acid groups (broad SMARTS) is 1. The molecule has 16 heavy (non-hydrogen) atoms. The van der Waals surface area contributed by atoms with Crippen LogP contribution >= 0.6 is 0 Å². The number of anilines is 1. The molecule has 0 unspecified atom stereocenters. The molecule has 4 nitrogen and oxygen atoms in total. The Kier molecular flexibility index (Phi) is 4.17. The number of carbonyl (C=O) groups is 1. The highest BCUT2D eigenvalue weighted by Crippen LogP contribution is 2.25.